The summed E-state index contributed by atoms with van der Waals surface area (Å²) >= 11 is 1.95. The minimum atomic E-state index is -0.387. The first-order valence-corrected chi connectivity index (χ1v) is 16.9. The van der Waals surface area contributed by atoms with Gasteiger partial charge in [-0.1, -0.05) is 170 Å². The van der Waals surface area contributed by atoms with Crippen molar-refractivity contribution < 1.29 is 0 Å². The topological polar surface area (TPSA) is 0 Å². The Hall–Kier alpha value is -5.24. The maximum Gasteiger partial charge on any atom is 0.0714 e. The van der Waals surface area contributed by atoms with E-state index in [2.05, 4.69) is 176 Å². The van der Waals surface area contributed by atoms with Crippen LogP contribution in [0.15, 0.2) is 176 Å². The average Bonchev–Trinajstić information content (AvgIpc) is 3.66. The number of thiophene rings is 1. The van der Waals surface area contributed by atoms with E-state index in [0.717, 1.165) is 6.42 Å². The Kier molecular flexibility index (Phi) is 6.47. The molecule has 0 fully saturated rings. The summed E-state index contributed by atoms with van der Waals surface area (Å²) in [6, 6.07) is 65.3. The van der Waals surface area contributed by atoms with Crippen LogP contribution in [0.4, 0.5) is 0 Å². The van der Waals surface area contributed by atoms with E-state index in [1.165, 1.54) is 70.2 Å². The van der Waals surface area contributed by atoms with Gasteiger partial charge in [0, 0.05) is 26.1 Å². The molecular weight excluding hydrogens is 573 g/mol. The monoisotopic (exact) mass is 604 g/mol. The predicted octanol–water partition coefficient (Wildman–Crippen LogP) is 11.8. The molecule has 1 heteroatoms. The Morgan fingerprint density at radius 3 is 1.78 bits per heavy atom. The molecule has 8 aromatic rings. The third-order valence-corrected chi connectivity index (χ3v) is 11.2. The van der Waals surface area contributed by atoms with Crippen LogP contribution in [0.25, 0.3) is 31.3 Å². The molecule has 46 heavy (non-hydrogen) atoms. The first-order chi connectivity index (χ1) is 22.8. The molecule has 0 radical (unpaired) electrons. The van der Waals surface area contributed by atoms with Crippen molar-refractivity contribution in [2.45, 2.75) is 17.8 Å². The van der Waals surface area contributed by atoms with Crippen LogP contribution in [0.1, 0.15) is 44.9 Å². The van der Waals surface area contributed by atoms with E-state index in [9.17, 15) is 0 Å². The second kappa shape index (κ2) is 11.0. The number of hydrogen-bond acceptors (Lipinski definition) is 1. The van der Waals surface area contributed by atoms with Crippen molar-refractivity contribution in [3.63, 3.8) is 0 Å². The van der Waals surface area contributed by atoms with E-state index in [0.29, 0.717) is 0 Å². The Labute approximate surface area is 274 Å². The van der Waals surface area contributed by atoms with Crippen molar-refractivity contribution in [1.29, 1.82) is 0 Å². The molecule has 218 valence electrons. The summed E-state index contributed by atoms with van der Waals surface area (Å²) in [7, 11) is 0. The number of rotatable bonds is 6. The highest BCUT2D eigenvalue weighted by atomic mass is 32.1. The zero-order valence-corrected chi connectivity index (χ0v) is 26.3. The molecule has 0 spiro atoms. The molecule has 1 atom stereocenters. The van der Waals surface area contributed by atoms with Gasteiger partial charge in [-0.2, -0.15) is 0 Å². The Morgan fingerprint density at radius 1 is 0.478 bits per heavy atom. The highest BCUT2D eigenvalue weighted by Crippen LogP contribution is 2.56. The van der Waals surface area contributed by atoms with Crippen molar-refractivity contribution in [3.05, 3.63) is 215 Å². The molecule has 0 amide bonds. The Morgan fingerprint density at radius 2 is 1.09 bits per heavy atom. The molecule has 9 rings (SSSR count). The van der Waals surface area contributed by atoms with E-state index >= 15 is 0 Å². The third-order valence-electron chi connectivity index (χ3n) is 9.98. The minimum absolute atomic E-state index is 0.268. The van der Waals surface area contributed by atoms with Crippen LogP contribution in [-0.4, -0.2) is 0 Å². The van der Waals surface area contributed by atoms with Crippen LogP contribution < -0.4 is 0 Å². The molecule has 0 bridgehead atoms. The normalized spacial score (nSPS) is 13.8. The molecule has 1 aliphatic carbocycles. The van der Waals surface area contributed by atoms with E-state index in [1.54, 1.807) is 0 Å². The highest BCUT2D eigenvalue weighted by Gasteiger charge is 2.45. The second-order valence-corrected chi connectivity index (χ2v) is 13.4. The molecule has 1 unspecified atom stereocenters. The van der Waals surface area contributed by atoms with Crippen molar-refractivity contribution in [2.24, 2.45) is 0 Å². The van der Waals surface area contributed by atoms with Gasteiger partial charge in [-0.15, -0.1) is 11.3 Å². The first kappa shape index (κ1) is 27.1. The van der Waals surface area contributed by atoms with Crippen LogP contribution in [-0.2, 0) is 11.8 Å². The molecule has 1 aliphatic rings. The van der Waals surface area contributed by atoms with Crippen LogP contribution in [0, 0.1) is 0 Å². The van der Waals surface area contributed by atoms with Crippen LogP contribution in [0.2, 0.25) is 0 Å². The van der Waals surface area contributed by atoms with Gasteiger partial charge in [0.15, 0.2) is 0 Å². The predicted molar refractivity (Wildman–Crippen MR) is 195 cm³/mol. The Bertz CT molecular complexity index is 2290. The standard InChI is InChI=1S/C45H32S/c1-4-15-31(16-5-1)29-40(32-17-6-2-7-18-32)39-24-14-23-38-37-28-27-34(30-43(37)46-44(38)39)45(33-19-8-3-9-20-33)41-25-12-10-21-35(41)36-22-11-13-26-42(36)45/h1-28,30,40H,29H2. The highest BCUT2D eigenvalue weighted by molar-refractivity contribution is 7.26. The maximum absolute atomic E-state index is 2.49. The summed E-state index contributed by atoms with van der Waals surface area (Å²) < 4.78 is 2.73. The number of fused-ring (bicyclic) bond motifs is 6. The van der Waals surface area contributed by atoms with Gasteiger partial charge < -0.3 is 0 Å². The minimum Gasteiger partial charge on any atom is -0.135 e. The van der Waals surface area contributed by atoms with Gasteiger partial charge in [-0.05, 0) is 62.6 Å². The smallest absolute Gasteiger partial charge is 0.0714 e. The summed E-state index contributed by atoms with van der Waals surface area (Å²) in [5.74, 6) is 0.268. The first-order valence-electron chi connectivity index (χ1n) is 16.1. The zero-order valence-electron chi connectivity index (χ0n) is 25.4. The molecule has 1 heterocycles. The quantitative estimate of drug-likeness (QED) is 0.177. The summed E-state index contributed by atoms with van der Waals surface area (Å²) in [6.07, 6.45) is 0.966. The van der Waals surface area contributed by atoms with Crippen molar-refractivity contribution in [1.82, 2.24) is 0 Å². The third kappa shape index (κ3) is 4.12. The summed E-state index contributed by atoms with van der Waals surface area (Å²) in [5, 5.41) is 2.68. The lowest BCUT2D eigenvalue weighted by Crippen LogP contribution is -2.28. The average molecular weight is 605 g/mol. The van der Waals surface area contributed by atoms with Gasteiger partial charge in [0.1, 0.15) is 0 Å². The van der Waals surface area contributed by atoms with Crippen LogP contribution in [0.3, 0.4) is 0 Å². The molecule has 0 saturated heterocycles. The summed E-state index contributed by atoms with van der Waals surface area (Å²) in [5.41, 5.74) is 11.7. The second-order valence-electron chi connectivity index (χ2n) is 12.4. The Balaban J connectivity index is 1.28. The molecule has 0 N–H and O–H groups in total. The van der Waals surface area contributed by atoms with E-state index in [1.807, 2.05) is 11.3 Å². The lowest BCUT2D eigenvalue weighted by atomic mass is 9.67. The molecule has 0 saturated carbocycles. The lowest BCUT2D eigenvalue weighted by Gasteiger charge is -2.33. The molecule has 1 aromatic heterocycles. The maximum atomic E-state index is 2.49. The fourth-order valence-corrected chi connectivity index (χ4v) is 9.29. The lowest BCUT2D eigenvalue weighted by molar-refractivity contribution is 0.770. The van der Waals surface area contributed by atoms with Gasteiger partial charge in [-0.25, -0.2) is 0 Å². The fraction of sp³-hybridized carbons (Fsp3) is 0.0667. The van der Waals surface area contributed by atoms with Crippen LogP contribution in [0.5, 0.6) is 0 Å². The van der Waals surface area contributed by atoms with Gasteiger partial charge in [-0.3, -0.25) is 0 Å². The summed E-state index contributed by atoms with van der Waals surface area (Å²) in [4.78, 5) is 0. The van der Waals surface area contributed by atoms with Gasteiger partial charge in [0.25, 0.3) is 0 Å². The van der Waals surface area contributed by atoms with Crippen LogP contribution >= 0.6 is 11.3 Å². The molecule has 0 aliphatic heterocycles. The molecular formula is C45H32S. The number of hydrogen-bond donors (Lipinski definition) is 0. The van der Waals surface area contributed by atoms with E-state index in [-0.39, 0.29) is 11.3 Å². The molecule has 7 aromatic carbocycles. The van der Waals surface area contributed by atoms with Gasteiger partial charge in [0.2, 0.25) is 0 Å². The SMILES string of the molecule is c1ccc(CC(c2ccccc2)c2cccc3c2sc2cc(C4(c5ccccc5)c5ccccc5-c5ccccc54)ccc23)cc1. The van der Waals surface area contributed by atoms with Crippen molar-refractivity contribution in [3.8, 4) is 11.1 Å². The van der Waals surface area contributed by atoms with Crippen molar-refractivity contribution >= 4 is 31.5 Å². The van der Waals surface area contributed by atoms with E-state index < -0.39 is 0 Å². The number of benzene rings is 7. The zero-order chi connectivity index (χ0) is 30.5. The molecule has 0 nitrogen and oxygen atoms in total. The van der Waals surface area contributed by atoms with Gasteiger partial charge in [0.05, 0.1) is 5.41 Å². The largest absolute Gasteiger partial charge is 0.135 e. The van der Waals surface area contributed by atoms with E-state index in [4.69, 9.17) is 0 Å². The fourth-order valence-electron chi connectivity index (χ4n) is 7.98. The summed E-state index contributed by atoms with van der Waals surface area (Å²) in [6.45, 7) is 0. The van der Waals surface area contributed by atoms with Crippen molar-refractivity contribution in [2.75, 3.05) is 0 Å². The van der Waals surface area contributed by atoms with Gasteiger partial charge >= 0.3 is 0 Å².